The lowest BCUT2D eigenvalue weighted by atomic mass is 9.83. The first-order chi connectivity index (χ1) is 19.5. The van der Waals surface area contributed by atoms with Gasteiger partial charge < -0.3 is 24.5 Å². The van der Waals surface area contributed by atoms with E-state index < -0.39 is 11.9 Å². The Labute approximate surface area is 245 Å². The maximum Gasteiger partial charge on any atom is 0.308 e. The number of hydrogen-bond acceptors (Lipinski definition) is 6. The number of aliphatic carboxylic acids is 1. The molecule has 2 saturated heterocycles. The van der Waals surface area contributed by atoms with Gasteiger partial charge >= 0.3 is 5.97 Å². The molecular weight excluding hydrogens is 520 g/mol. The zero-order valence-corrected chi connectivity index (χ0v) is 25.7. The number of benzene rings is 1. The van der Waals surface area contributed by atoms with Gasteiger partial charge in [0.15, 0.2) is 0 Å². The first-order valence-electron chi connectivity index (χ1n) is 15.4. The maximum atomic E-state index is 13.7. The van der Waals surface area contributed by atoms with Gasteiger partial charge in [-0.3, -0.25) is 19.3 Å². The fraction of sp³-hybridized carbons (Fsp3) is 0.719. The largest absolute Gasteiger partial charge is 0.493 e. The first-order valence-corrected chi connectivity index (χ1v) is 15.4. The van der Waals surface area contributed by atoms with Gasteiger partial charge in [0.25, 0.3) is 0 Å². The van der Waals surface area contributed by atoms with Gasteiger partial charge in [-0.1, -0.05) is 39.3 Å². The number of amides is 2. The molecular formula is C32H50N4O5. The molecule has 0 radical (unpaired) electrons. The van der Waals surface area contributed by atoms with Crippen molar-refractivity contribution in [3.8, 4) is 5.75 Å². The highest BCUT2D eigenvalue weighted by molar-refractivity contribution is 5.80. The van der Waals surface area contributed by atoms with Crippen LogP contribution in [-0.4, -0.2) is 115 Å². The minimum absolute atomic E-state index is 0.0627. The van der Waals surface area contributed by atoms with Crippen molar-refractivity contribution in [2.24, 2.45) is 11.3 Å². The van der Waals surface area contributed by atoms with Gasteiger partial charge in [0, 0.05) is 57.5 Å². The minimum Gasteiger partial charge on any atom is -0.493 e. The van der Waals surface area contributed by atoms with Crippen molar-refractivity contribution >= 4 is 17.8 Å². The SMILES string of the molecule is CCCCN(CCCN(C)C)C(=O)CN1C[C@H](c2ccc3c(c2)CCO3)[C@@H](C(=O)O)[C@@H]1CCN1CC(C)(C)CC1=O. The standard InChI is InChI=1S/C32H50N4O5/c1-6-7-14-34(15-8-13-33(4)5)29(38)21-36-20-25(23-9-10-27-24(18-23)12-17-41-27)30(31(39)40)26(36)11-16-35-22-32(2,3)19-28(35)37/h9-10,18,25-26,30H,6-8,11-17,19-22H2,1-5H3,(H,39,40)/t25-,26+,30-/m1/s1. The molecule has 1 aromatic carbocycles. The van der Waals surface area contributed by atoms with E-state index in [0.717, 1.165) is 55.6 Å². The summed E-state index contributed by atoms with van der Waals surface area (Å²) >= 11 is 0. The van der Waals surface area contributed by atoms with E-state index in [2.05, 4.69) is 36.6 Å². The van der Waals surface area contributed by atoms with Crippen LogP contribution in [0.25, 0.3) is 0 Å². The topological polar surface area (TPSA) is 93.6 Å². The Hall–Kier alpha value is -2.65. The van der Waals surface area contributed by atoms with E-state index in [1.807, 2.05) is 36.0 Å². The number of ether oxygens (including phenoxy) is 1. The van der Waals surface area contributed by atoms with Crippen molar-refractivity contribution in [2.45, 2.75) is 71.3 Å². The van der Waals surface area contributed by atoms with Crippen molar-refractivity contribution in [3.05, 3.63) is 29.3 Å². The zero-order chi connectivity index (χ0) is 29.7. The summed E-state index contributed by atoms with van der Waals surface area (Å²) in [5.41, 5.74) is 2.04. The highest BCUT2D eigenvalue weighted by Crippen LogP contribution is 2.41. The molecule has 228 valence electrons. The van der Waals surface area contributed by atoms with E-state index in [1.165, 1.54) is 0 Å². The normalized spacial score (nSPS) is 23.7. The Morgan fingerprint density at radius 3 is 2.56 bits per heavy atom. The Morgan fingerprint density at radius 2 is 1.90 bits per heavy atom. The highest BCUT2D eigenvalue weighted by Gasteiger charge is 2.48. The summed E-state index contributed by atoms with van der Waals surface area (Å²) in [5.74, 6) is -0.668. The third kappa shape index (κ3) is 7.80. The van der Waals surface area contributed by atoms with Crippen LogP contribution >= 0.6 is 0 Å². The number of nitrogens with zero attached hydrogens (tertiary/aromatic N) is 4. The van der Waals surface area contributed by atoms with Gasteiger partial charge in [-0.2, -0.15) is 0 Å². The second-order valence-electron chi connectivity index (χ2n) is 13.3. The Morgan fingerprint density at radius 1 is 1.15 bits per heavy atom. The number of rotatable bonds is 14. The van der Waals surface area contributed by atoms with Crippen molar-refractivity contribution in [1.29, 1.82) is 0 Å². The molecule has 0 aromatic heterocycles. The Balaban J connectivity index is 1.56. The molecule has 3 heterocycles. The molecule has 0 unspecified atom stereocenters. The summed E-state index contributed by atoms with van der Waals surface area (Å²) < 4.78 is 5.70. The van der Waals surface area contributed by atoms with E-state index in [4.69, 9.17) is 4.74 Å². The lowest BCUT2D eigenvalue weighted by Gasteiger charge is -2.31. The molecule has 9 nitrogen and oxygen atoms in total. The number of carbonyl (C=O) groups is 3. The lowest BCUT2D eigenvalue weighted by Crippen LogP contribution is -2.46. The molecule has 41 heavy (non-hydrogen) atoms. The molecule has 0 spiro atoms. The maximum absolute atomic E-state index is 13.7. The van der Waals surface area contributed by atoms with E-state index >= 15 is 0 Å². The molecule has 0 saturated carbocycles. The Kier molecular flexibility index (Phi) is 10.3. The van der Waals surface area contributed by atoms with Gasteiger partial charge in [-0.05, 0) is 62.5 Å². The van der Waals surface area contributed by atoms with Crippen LogP contribution in [0.2, 0.25) is 0 Å². The van der Waals surface area contributed by atoms with Crippen LogP contribution < -0.4 is 4.74 Å². The van der Waals surface area contributed by atoms with E-state index in [-0.39, 0.29) is 35.7 Å². The summed E-state index contributed by atoms with van der Waals surface area (Å²) in [6.07, 6.45) is 4.73. The number of likely N-dealkylation sites (tertiary alicyclic amines) is 2. The number of hydrogen-bond donors (Lipinski definition) is 1. The second-order valence-corrected chi connectivity index (χ2v) is 13.3. The van der Waals surface area contributed by atoms with E-state index in [1.54, 1.807) is 0 Å². The molecule has 9 heteroatoms. The highest BCUT2D eigenvalue weighted by atomic mass is 16.5. The third-order valence-corrected chi connectivity index (χ3v) is 8.98. The summed E-state index contributed by atoms with van der Waals surface area (Å²) in [5, 5.41) is 10.5. The summed E-state index contributed by atoms with van der Waals surface area (Å²) in [4.78, 5) is 47.4. The molecule has 0 aliphatic carbocycles. The first kappa shape index (κ1) is 31.3. The molecule has 3 aliphatic rings. The van der Waals surface area contributed by atoms with Gasteiger partial charge in [0.1, 0.15) is 5.75 Å². The summed E-state index contributed by atoms with van der Waals surface area (Å²) in [6.45, 7) is 11.2. The van der Waals surface area contributed by atoms with Crippen LogP contribution in [-0.2, 0) is 20.8 Å². The fourth-order valence-electron chi connectivity index (χ4n) is 6.86. The van der Waals surface area contributed by atoms with E-state index in [9.17, 15) is 19.5 Å². The third-order valence-electron chi connectivity index (χ3n) is 8.98. The minimum atomic E-state index is -0.839. The molecule has 3 aliphatic heterocycles. The average molecular weight is 571 g/mol. The molecule has 0 bridgehead atoms. The summed E-state index contributed by atoms with van der Waals surface area (Å²) in [6, 6.07) is 5.72. The van der Waals surface area contributed by atoms with Crippen molar-refractivity contribution in [1.82, 2.24) is 19.6 Å². The molecule has 1 aromatic rings. The molecule has 2 amide bonds. The molecule has 2 fully saturated rings. The zero-order valence-electron chi connectivity index (χ0n) is 25.7. The van der Waals surface area contributed by atoms with Gasteiger partial charge in [0.2, 0.25) is 11.8 Å². The number of carboxylic acids is 1. The molecule has 4 rings (SSSR count). The van der Waals surface area contributed by atoms with Gasteiger partial charge in [-0.25, -0.2) is 0 Å². The second kappa shape index (κ2) is 13.6. The summed E-state index contributed by atoms with van der Waals surface area (Å²) in [7, 11) is 4.08. The van der Waals surface area contributed by atoms with Crippen LogP contribution in [0.1, 0.15) is 69.9 Å². The predicted molar refractivity (Wildman–Crippen MR) is 159 cm³/mol. The number of unbranched alkanes of at least 4 members (excludes halogenated alkanes) is 1. The number of carboxylic acid groups (broad SMARTS) is 1. The van der Waals surface area contributed by atoms with Gasteiger partial charge in [0.05, 0.1) is 19.1 Å². The van der Waals surface area contributed by atoms with E-state index in [0.29, 0.717) is 45.6 Å². The van der Waals surface area contributed by atoms with Crippen LogP contribution in [0.5, 0.6) is 5.75 Å². The fourth-order valence-corrected chi connectivity index (χ4v) is 6.86. The van der Waals surface area contributed by atoms with Crippen LogP contribution in [0.4, 0.5) is 0 Å². The monoisotopic (exact) mass is 570 g/mol. The molecule has 1 N–H and O–H groups in total. The van der Waals surface area contributed by atoms with Crippen molar-refractivity contribution < 1.29 is 24.2 Å². The average Bonchev–Trinajstić information content (AvgIpc) is 3.58. The van der Waals surface area contributed by atoms with Crippen LogP contribution in [0.3, 0.4) is 0 Å². The quantitative estimate of drug-likeness (QED) is 0.367. The number of carbonyl (C=O) groups excluding carboxylic acids is 2. The lowest BCUT2D eigenvalue weighted by molar-refractivity contribution is -0.144. The van der Waals surface area contributed by atoms with Crippen LogP contribution in [0.15, 0.2) is 18.2 Å². The Bertz CT molecular complexity index is 1090. The van der Waals surface area contributed by atoms with Crippen molar-refractivity contribution in [3.63, 3.8) is 0 Å². The molecule has 3 atom stereocenters. The van der Waals surface area contributed by atoms with Crippen LogP contribution in [0, 0.1) is 11.3 Å². The van der Waals surface area contributed by atoms with Gasteiger partial charge in [-0.15, -0.1) is 0 Å². The van der Waals surface area contributed by atoms with Crippen molar-refractivity contribution in [2.75, 3.05) is 66.5 Å². The smallest absolute Gasteiger partial charge is 0.308 e. The number of fused-ring (bicyclic) bond motifs is 1. The predicted octanol–water partition coefficient (Wildman–Crippen LogP) is 3.32.